The Bertz CT molecular complexity index is 678. The van der Waals surface area contributed by atoms with Crippen molar-refractivity contribution < 1.29 is 13.5 Å². The lowest BCUT2D eigenvalue weighted by molar-refractivity contribution is 0.282. The third-order valence-corrected chi connectivity index (χ3v) is 5.58. The van der Waals surface area contributed by atoms with Crippen LogP contribution in [0.3, 0.4) is 0 Å². The summed E-state index contributed by atoms with van der Waals surface area (Å²) in [5.74, 6) is 0. The molecule has 0 aliphatic heterocycles. The maximum Gasteiger partial charge on any atom is 0.263 e. The summed E-state index contributed by atoms with van der Waals surface area (Å²) in [6.07, 6.45) is 0. The summed E-state index contributed by atoms with van der Waals surface area (Å²) in [6, 6.07) is 6.38. The first-order valence-corrected chi connectivity index (χ1v) is 8.14. The zero-order valence-electron chi connectivity index (χ0n) is 10.1. The van der Waals surface area contributed by atoms with Crippen LogP contribution in [0.15, 0.2) is 34.5 Å². The standard InChI is InChI=1S/C12H12ClNO3S2/c1-8-7-18-11(6-15)12(8)19(16,17)14-10-4-2-9(13)3-5-10/h2-5,7,14-15H,6H2,1H3. The Hall–Kier alpha value is -1.08. The van der Waals surface area contributed by atoms with Crippen molar-refractivity contribution in [2.24, 2.45) is 0 Å². The Balaban J connectivity index is 2.37. The molecule has 1 aromatic heterocycles. The van der Waals surface area contributed by atoms with Gasteiger partial charge >= 0.3 is 0 Å². The third kappa shape index (κ3) is 3.09. The molecule has 0 fully saturated rings. The summed E-state index contributed by atoms with van der Waals surface area (Å²) in [6.45, 7) is 1.40. The van der Waals surface area contributed by atoms with E-state index in [1.807, 2.05) is 0 Å². The maximum atomic E-state index is 12.3. The zero-order chi connectivity index (χ0) is 14.0. The maximum absolute atomic E-state index is 12.3. The minimum Gasteiger partial charge on any atom is -0.391 e. The van der Waals surface area contributed by atoms with Gasteiger partial charge in [-0.3, -0.25) is 4.72 Å². The Morgan fingerprint density at radius 3 is 2.53 bits per heavy atom. The summed E-state index contributed by atoms with van der Waals surface area (Å²) < 4.78 is 27.1. The molecule has 0 spiro atoms. The lowest BCUT2D eigenvalue weighted by Crippen LogP contribution is -2.14. The van der Waals surface area contributed by atoms with Gasteiger partial charge in [0, 0.05) is 10.7 Å². The summed E-state index contributed by atoms with van der Waals surface area (Å²) in [5, 5.41) is 11.4. The van der Waals surface area contributed by atoms with E-state index in [0.717, 1.165) is 0 Å². The summed E-state index contributed by atoms with van der Waals surface area (Å²) in [4.78, 5) is 0.578. The molecular formula is C12H12ClNO3S2. The van der Waals surface area contributed by atoms with Gasteiger partial charge in [-0.2, -0.15) is 0 Å². The lowest BCUT2D eigenvalue weighted by Gasteiger charge is -2.09. The van der Waals surface area contributed by atoms with Gasteiger partial charge in [-0.25, -0.2) is 8.42 Å². The molecule has 0 atom stereocenters. The van der Waals surface area contributed by atoms with Crippen molar-refractivity contribution in [2.75, 3.05) is 4.72 Å². The highest BCUT2D eigenvalue weighted by molar-refractivity contribution is 7.93. The fourth-order valence-electron chi connectivity index (χ4n) is 1.68. The van der Waals surface area contributed by atoms with Crippen molar-refractivity contribution in [3.8, 4) is 0 Å². The molecule has 102 valence electrons. The number of hydrogen-bond acceptors (Lipinski definition) is 4. The van der Waals surface area contributed by atoms with Crippen LogP contribution in [0.4, 0.5) is 5.69 Å². The normalized spacial score (nSPS) is 11.5. The molecule has 1 aromatic carbocycles. The van der Waals surface area contributed by atoms with E-state index in [1.54, 1.807) is 36.6 Å². The van der Waals surface area contributed by atoms with Gasteiger partial charge in [0.1, 0.15) is 4.90 Å². The number of aryl methyl sites for hydroxylation is 1. The Labute approximate surface area is 120 Å². The first-order valence-electron chi connectivity index (χ1n) is 5.40. The van der Waals surface area contributed by atoms with Gasteiger partial charge in [-0.15, -0.1) is 11.3 Å². The molecule has 0 radical (unpaired) electrons. The molecule has 0 unspecified atom stereocenters. The lowest BCUT2D eigenvalue weighted by atomic mass is 10.3. The Morgan fingerprint density at radius 2 is 1.95 bits per heavy atom. The number of sulfonamides is 1. The zero-order valence-corrected chi connectivity index (χ0v) is 12.4. The highest BCUT2D eigenvalue weighted by Crippen LogP contribution is 2.28. The Morgan fingerprint density at radius 1 is 1.32 bits per heavy atom. The van der Waals surface area contributed by atoms with Gasteiger partial charge in [0.2, 0.25) is 0 Å². The molecule has 7 heteroatoms. The third-order valence-electron chi connectivity index (χ3n) is 2.50. The monoisotopic (exact) mass is 317 g/mol. The van der Waals surface area contributed by atoms with Gasteiger partial charge < -0.3 is 5.11 Å². The molecule has 0 saturated carbocycles. The topological polar surface area (TPSA) is 66.4 Å². The van der Waals surface area contributed by atoms with Crippen molar-refractivity contribution in [1.29, 1.82) is 0 Å². The van der Waals surface area contributed by atoms with Crippen LogP contribution >= 0.6 is 22.9 Å². The molecule has 0 aliphatic carbocycles. The predicted molar refractivity (Wildman–Crippen MR) is 77.2 cm³/mol. The molecule has 1 heterocycles. The molecule has 4 nitrogen and oxygen atoms in total. The van der Waals surface area contributed by atoms with E-state index in [0.29, 0.717) is 21.2 Å². The minimum absolute atomic E-state index is 0.148. The number of rotatable bonds is 4. The van der Waals surface area contributed by atoms with Crippen LogP contribution in [-0.2, 0) is 16.6 Å². The second-order valence-corrected chi connectivity index (χ2v) is 6.96. The fraction of sp³-hybridized carbons (Fsp3) is 0.167. The van der Waals surface area contributed by atoms with E-state index in [9.17, 15) is 13.5 Å². The molecular weight excluding hydrogens is 306 g/mol. The van der Waals surface area contributed by atoms with E-state index in [2.05, 4.69) is 4.72 Å². The van der Waals surface area contributed by atoms with Gasteiger partial charge in [0.15, 0.2) is 0 Å². The molecule has 19 heavy (non-hydrogen) atoms. The van der Waals surface area contributed by atoms with E-state index < -0.39 is 10.0 Å². The number of benzene rings is 1. The van der Waals surface area contributed by atoms with Crippen molar-refractivity contribution >= 4 is 38.6 Å². The molecule has 0 amide bonds. The second-order valence-electron chi connectivity index (χ2n) is 3.94. The van der Waals surface area contributed by atoms with E-state index in [1.165, 1.54) is 11.3 Å². The quantitative estimate of drug-likeness (QED) is 0.911. The number of thiophene rings is 1. The van der Waals surface area contributed by atoms with Crippen LogP contribution in [-0.4, -0.2) is 13.5 Å². The molecule has 0 bridgehead atoms. The van der Waals surface area contributed by atoms with Gasteiger partial charge in [0.25, 0.3) is 10.0 Å². The largest absolute Gasteiger partial charge is 0.391 e. The fourth-order valence-corrected chi connectivity index (χ4v) is 4.53. The van der Waals surface area contributed by atoms with Gasteiger partial charge in [0.05, 0.1) is 11.5 Å². The number of aliphatic hydroxyl groups excluding tert-OH is 1. The van der Waals surface area contributed by atoms with Crippen LogP contribution in [0, 0.1) is 6.92 Å². The van der Waals surface area contributed by atoms with E-state index in [-0.39, 0.29) is 11.5 Å². The molecule has 2 N–H and O–H groups in total. The molecule has 2 rings (SSSR count). The average molecular weight is 318 g/mol. The highest BCUT2D eigenvalue weighted by atomic mass is 35.5. The van der Waals surface area contributed by atoms with E-state index in [4.69, 9.17) is 11.6 Å². The summed E-state index contributed by atoms with van der Waals surface area (Å²) in [5.41, 5.74) is 1.05. The van der Waals surface area contributed by atoms with Crippen LogP contribution < -0.4 is 4.72 Å². The van der Waals surface area contributed by atoms with Crippen molar-refractivity contribution in [2.45, 2.75) is 18.4 Å². The van der Waals surface area contributed by atoms with Crippen LogP contribution in [0.1, 0.15) is 10.4 Å². The SMILES string of the molecule is Cc1csc(CO)c1S(=O)(=O)Nc1ccc(Cl)cc1. The summed E-state index contributed by atoms with van der Waals surface area (Å²) in [7, 11) is -3.70. The predicted octanol–water partition coefficient (Wildman–Crippen LogP) is 3.00. The van der Waals surface area contributed by atoms with E-state index >= 15 is 0 Å². The van der Waals surface area contributed by atoms with Gasteiger partial charge in [-0.1, -0.05) is 11.6 Å². The molecule has 0 saturated heterocycles. The molecule has 2 aromatic rings. The number of anilines is 1. The number of aliphatic hydroxyl groups is 1. The smallest absolute Gasteiger partial charge is 0.263 e. The second kappa shape index (κ2) is 5.50. The van der Waals surface area contributed by atoms with Crippen LogP contribution in [0.5, 0.6) is 0 Å². The number of halogens is 1. The van der Waals surface area contributed by atoms with Crippen molar-refractivity contribution in [3.63, 3.8) is 0 Å². The minimum atomic E-state index is -3.70. The highest BCUT2D eigenvalue weighted by Gasteiger charge is 2.22. The average Bonchev–Trinajstić information content (AvgIpc) is 2.74. The molecule has 0 aliphatic rings. The first kappa shape index (κ1) is 14.3. The number of nitrogens with one attached hydrogen (secondary N) is 1. The number of hydrogen-bond donors (Lipinski definition) is 2. The van der Waals surface area contributed by atoms with Crippen molar-refractivity contribution in [1.82, 2.24) is 0 Å². The van der Waals surface area contributed by atoms with Crippen LogP contribution in [0.25, 0.3) is 0 Å². The first-order chi connectivity index (χ1) is 8.94. The van der Waals surface area contributed by atoms with Gasteiger partial charge in [-0.05, 0) is 42.1 Å². The Kier molecular flexibility index (Phi) is 4.15. The van der Waals surface area contributed by atoms with Crippen LogP contribution in [0.2, 0.25) is 5.02 Å². The summed E-state index contributed by atoms with van der Waals surface area (Å²) >= 11 is 6.97. The van der Waals surface area contributed by atoms with Crippen molar-refractivity contribution in [3.05, 3.63) is 45.1 Å².